The Balaban J connectivity index is 2.38. The Kier molecular flexibility index (Phi) is 6.94. The summed E-state index contributed by atoms with van der Waals surface area (Å²) < 4.78 is 10.1. The van der Waals surface area contributed by atoms with Crippen LogP contribution in [-0.2, 0) is 28.7 Å². The van der Waals surface area contributed by atoms with Gasteiger partial charge in [-0.05, 0) is 13.8 Å². The number of nitrogens with one attached hydrogen (secondary N) is 2. The summed E-state index contributed by atoms with van der Waals surface area (Å²) in [4.78, 5) is 47.6. The summed E-state index contributed by atoms with van der Waals surface area (Å²) in [5.74, 6) is -1.32. The first-order valence-corrected chi connectivity index (χ1v) is 9.59. The van der Waals surface area contributed by atoms with Crippen molar-refractivity contribution >= 4 is 47.3 Å². The van der Waals surface area contributed by atoms with E-state index in [0.717, 1.165) is 0 Å². The van der Waals surface area contributed by atoms with Crippen LogP contribution in [-0.4, -0.2) is 48.5 Å². The van der Waals surface area contributed by atoms with Gasteiger partial charge in [-0.2, -0.15) is 0 Å². The van der Waals surface area contributed by atoms with Crippen molar-refractivity contribution in [1.29, 1.82) is 0 Å². The largest absolute Gasteiger partial charge is 0.463 e. The lowest BCUT2D eigenvalue weighted by atomic mass is 10.1. The molecule has 0 spiro atoms. The van der Waals surface area contributed by atoms with Crippen LogP contribution in [0, 0.1) is 0 Å². The molecule has 10 heteroatoms. The minimum atomic E-state index is -0.621. The second-order valence-electron chi connectivity index (χ2n) is 4.91. The van der Waals surface area contributed by atoms with Crippen molar-refractivity contribution in [2.45, 2.75) is 20.3 Å². The fourth-order valence-electron chi connectivity index (χ4n) is 2.10. The highest BCUT2D eigenvalue weighted by atomic mass is 32.2. The van der Waals surface area contributed by atoms with Gasteiger partial charge in [0.2, 0.25) is 11.8 Å². The maximum absolute atomic E-state index is 12.3. The van der Waals surface area contributed by atoms with Crippen molar-refractivity contribution in [3.05, 3.63) is 21.2 Å². The molecule has 0 saturated carbocycles. The molecule has 2 amide bonds. The molecule has 0 aliphatic carbocycles. The summed E-state index contributed by atoms with van der Waals surface area (Å²) in [5.41, 5.74) is 0.324. The Morgan fingerprint density at radius 1 is 0.880 bits per heavy atom. The van der Waals surface area contributed by atoms with Crippen LogP contribution in [0.2, 0.25) is 0 Å². The summed E-state index contributed by atoms with van der Waals surface area (Å²) in [6.45, 7) is 3.65. The van der Waals surface area contributed by atoms with E-state index in [4.69, 9.17) is 9.47 Å². The van der Waals surface area contributed by atoms with Crippen molar-refractivity contribution in [1.82, 2.24) is 10.6 Å². The number of thioether (sulfide) groups is 2. The van der Waals surface area contributed by atoms with Crippen molar-refractivity contribution in [2.75, 3.05) is 24.7 Å². The van der Waals surface area contributed by atoms with Gasteiger partial charge in [-0.3, -0.25) is 9.59 Å². The van der Waals surface area contributed by atoms with E-state index in [1.807, 2.05) is 0 Å². The van der Waals surface area contributed by atoms with Crippen LogP contribution in [0.1, 0.15) is 20.3 Å². The van der Waals surface area contributed by atoms with Crippen LogP contribution >= 0.6 is 23.5 Å². The van der Waals surface area contributed by atoms with Crippen molar-refractivity contribution in [2.24, 2.45) is 0 Å². The third-order valence-corrected chi connectivity index (χ3v) is 5.23. The topological polar surface area (TPSA) is 111 Å². The van der Waals surface area contributed by atoms with Gasteiger partial charge in [0.15, 0.2) is 0 Å². The Hall–Kier alpha value is -1.94. The third kappa shape index (κ3) is 5.02. The van der Waals surface area contributed by atoms with E-state index in [-0.39, 0.29) is 54.1 Å². The van der Waals surface area contributed by atoms with E-state index in [1.165, 1.54) is 23.5 Å². The summed E-state index contributed by atoms with van der Waals surface area (Å²) in [6.07, 6.45) is -0.108. The van der Waals surface area contributed by atoms with Crippen LogP contribution in [0.5, 0.6) is 0 Å². The molecule has 25 heavy (non-hydrogen) atoms. The minimum Gasteiger partial charge on any atom is -0.463 e. The van der Waals surface area contributed by atoms with E-state index in [1.54, 1.807) is 13.8 Å². The molecule has 2 saturated heterocycles. The van der Waals surface area contributed by atoms with Crippen molar-refractivity contribution in [3.63, 3.8) is 0 Å². The fourth-order valence-corrected chi connectivity index (χ4v) is 3.83. The molecule has 8 nitrogen and oxygen atoms in total. The molecule has 0 atom stereocenters. The number of carbonyl (C=O) groups is 4. The quantitative estimate of drug-likeness (QED) is 0.506. The average molecular weight is 386 g/mol. The van der Waals surface area contributed by atoms with Gasteiger partial charge < -0.3 is 20.1 Å². The van der Waals surface area contributed by atoms with Crippen LogP contribution in [0.4, 0.5) is 0 Å². The van der Waals surface area contributed by atoms with Crippen LogP contribution in [0.25, 0.3) is 0 Å². The molecule has 0 aromatic rings. The highest BCUT2D eigenvalue weighted by Crippen LogP contribution is 2.32. The minimum absolute atomic E-state index is 0.108. The lowest BCUT2D eigenvalue weighted by Crippen LogP contribution is -2.22. The first kappa shape index (κ1) is 19.4. The number of ether oxygens (including phenoxy) is 2. The zero-order chi connectivity index (χ0) is 18.4. The summed E-state index contributed by atoms with van der Waals surface area (Å²) >= 11 is 2.34. The molecule has 2 N–H and O–H groups in total. The first-order chi connectivity index (χ1) is 12.0. The van der Waals surface area contributed by atoms with Gasteiger partial charge in [0.1, 0.15) is 0 Å². The summed E-state index contributed by atoms with van der Waals surface area (Å²) in [5, 5.41) is 5.93. The molecular weight excluding hydrogens is 368 g/mol. The van der Waals surface area contributed by atoms with E-state index in [9.17, 15) is 19.2 Å². The normalized spacial score (nSPS) is 20.7. The van der Waals surface area contributed by atoms with Crippen LogP contribution < -0.4 is 10.6 Å². The average Bonchev–Trinajstić information content (AvgIpc) is 3.17. The van der Waals surface area contributed by atoms with Crippen LogP contribution in [0.3, 0.4) is 0 Å². The molecule has 0 aromatic carbocycles. The molecule has 2 rings (SSSR count). The molecule has 136 valence electrons. The first-order valence-electron chi connectivity index (χ1n) is 7.62. The number of hydrogen-bond acceptors (Lipinski definition) is 8. The molecule has 2 aliphatic rings. The predicted octanol–water partition coefficient (Wildman–Crippen LogP) is 0.652. The second-order valence-corrected chi connectivity index (χ2v) is 6.88. The Morgan fingerprint density at radius 3 is 1.56 bits per heavy atom. The molecule has 0 radical (unpaired) electrons. The number of esters is 2. The number of amides is 2. The van der Waals surface area contributed by atoms with Crippen molar-refractivity contribution in [3.8, 4) is 0 Å². The fraction of sp³-hybridized carbons (Fsp3) is 0.467. The second kappa shape index (κ2) is 8.95. The van der Waals surface area contributed by atoms with Gasteiger partial charge in [-0.1, -0.05) is 23.5 Å². The van der Waals surface area contributed by atoms with Gasteiger partial charge >= 0.3 is 11.9 Å². The Morgan fingerprint density at radius 2 is 1.28 bits per heavy atom. The molecular formula is C15H18N2O6S2. The highest BCUT2D eigenvalue weighted by molar-refractivity contribution is 8.04. The molecule has 0 bridgehead atoms. The zero-order valence-electron chi connectivity index (χ0n) is 13.8. The third-order valence-electron chi connectivity index (χ3n) is 3.15. The van der Waals surface area contributed by atoms with Gasteiger partial charge in [-0.25, -0.2) is 9.59 Å². The molecule has 0 aromatic heterocycles. The van der Waals surface area contributed by atoms with Gasteiger partial charge in [0.25, 0.3) is 0 Å². The lowest BCUT2D eigenvalue weighted by Gasteiger charge is -2.14. The smallest absolute Gasteiger partial charge is 0.337 e. The van der Waals surface area contributed by atoms with E-state index in [2.05, 4.69) is 10.6 Å². The maximum atomic E-state index is 12.3. The number of hydrogen-bond donors (Lipinski definition) is 2. The van der Waals surface area contributed by atoms with Crippen molar-refractivity contribution < 1.29 is 28.7 Å². The highest BCUT2D eigenvalue weighted by Gasteiger charge is 2.30. The van der Waals surface area contributed by atoms with E-state index in [0.29, 0.717) is 10.1 Å². The summed E-state index contributed by atoms with van der Waals surface area (Å²) in [6, 6.07) is 0. The van der Waals surface area contributed by atoms with E-state index >= 15 is 0 Å². The lowest BCUT2D eigenvalue weighted by molar-refractivity contribution is -0.139. The zero-order valence-corrected chi connectivity index (χ0v) is 15.4. The maximum Gasteiger partial charge on any atom is 0.337 e. The van der Waals surface area contributed by atoms with Crippen LogP contribution in [0.15, 0.2) is 21.2 Å². The Bertz CT molecular complexity index is 615. The SMILES string of the molecule is CCOC(=O)/C(C/C(C(=O)OCC)=C1/NC(=O)CS1)=C1\NC(=O)CS1. The molecule has 2 aliphatic heterocycles. The monoisotopic (exact) mass is 386 g/mol. The standard InChI is InChI=1S/C15H18N2O6S2/c1-3-22-14(20)8(12-16-10(18)6-24-12)5-9(15(21)23-4-2)13-17-11(19)7-25-13/h3-7H2,1-2H3,(H,16,18)(H,17,19)/b12-8+,13-9+. The molecule has 0 unspecified atom stereocenters. The van der Waals surface area contributed by atoms with Gasteiger partial charge in [0.05, 0.1) is 45.9 Å². The van der Waals surface area contributed by atoms with Gasteiger partial charge in [-0.15, -0.1) is 0 Å². The predicted molar refractivity (Wildman–Crippen MR) is 93.1 cm³/mol. The number of rotatable bonds is 6. The summed E-state index contributed by atoms with van der Waals surface area (Å²) in [7, 11) is 0. The molecule has 2 heterocycles. The molecule has 2 fully saturated rings. The van der Waals surface area contributed by atoms with E-state index < -0.39 is 11.9 Å². The van der Waals surface area contributed by atoms with Gasteiger partial charge in [0, 0.05) is 6.42 Å². The Labute approximate surface area is 153 Å². The number of carbonyl (C=O) groups excluding carboxylic acids is 4.